The van der Waals surface area contributed by atoms with E-state index < -0.39 is 11.4 Å². The number of fused-ring (bicyclic) bond motifs is 1. The highest BCUT2D eigenvalue weighted by molar-refractivity contribution is 5.87. The number of aryl methyl sites for hydroxylation is 1. The Labute approximate surface area is 78.8 Å². The Balaban J connectivity index is 3.02. The second-order valence-corrected chi connectivity index (χ2v) is 3.12. The maximum atomic E-state index is 12.8. The summed E-state index contributed by atoms with van der Waals surface area (Å²) in [5.74, 6) is -0.508. The van der Waals surface area contributed by atoms with Gasteiger partial charge in [0.25, 0.3) is 5.56 Å². The summed E-state index contributed by atoms with van der Waals surface area (Å²) in [5, 5.41) is 10.1. The van der Waals surface area contributed by atoms with Crippen LogP contribution >= 0.6 is 0 Å². The van der Waals surface area contributed by atoms with Crippen molar-refractivity contribution in [2.45, 2.75) is 6.92 Å². The lowest BCUT2D eigenvalue weighted by atomic mass is 10.1. The lowest BCUT2D eigenvalue weighted by molar-refractivity contribution is 0.474. The first-order chi connectivity index (χ1) is 6.59. The number of pyridine rings is 1. The summed E-state index contributed by atoms with van der Waals surface area (Å²) >= 11 is 0. The van der Waals surface area contributed by atoms with E-state index in [1.165, 1.54) is 12.1 Å². The SMILES string of the molecule is Cc1[nH]c(=O)c2cc(F)ccc2c1O. The minimum atomic E-state index is -0.494. The molecule has 0 saturated heterocycles. The van der Waals surface area contributed by atoms with Crippen LogP contribution in [-0.4, -0.2) is 10.1 Å². The topological polar surface area (TPSA) is 53.1 Å². The molecule has 0 unspecified atom stereocenters. The number of aromatic nitrogens is 1. The van der Waals surface area contributed by atoms with Crippen molar-refractivity contribution in [1.29, 1.82) is 0 Å². The average Bonchev–Trinajstić information content (AvgIpc) is 2.14. The lowest BCUT2D eigenvalue weighted by Crippen LogP contribution is -2.07. The zero-order valence-electron chi connectivity index (χ0n) is 7.47. The molecule has 72 valence electrons. The maximum absolute atomic E-state index is 12.8. The number of hydrogen-bond acceptors (Lipinski definition) is 2. The van der Waals surface area contributed by atoms with Gasteiger partial charge in [-0.1, -0.05) is 0 Å². The van der Waals surface area contributed by atoms with Crippen molar-refractivity contribution >= 4 is 10.8 Å². The molecule has 1 aromatic heterocycles. The van der Waals surface area contributed by atoms with Crippen LogP contribution in [0.4, 0.5) is 4.39 Å². The van der Waals surface area contributed by atoms with Crippen molar-refractivity contribution < 1.29 is 9.50 Å². The Morgan fingerprint density at radius 2 is 2.07 bits per heavy atom. The van der Waals surface area contributed by atoms with Crippen LogP contribution in [0.5, 0.6) is 5.75 Å². The average molecular weight is 193 g/mol. The summed E-state index contributed by atoms with van der Waals surface area (Å²) in [6, 6.07) is 3.70. The number of rotatable bonds is 0. The molecule has 14 heavy (non-hydrogen) atoms. The number of benzene rings is 1. The van der Waals surface area contributed by atoms with Gasteiger partial charge in [0.2, 0.25) is 0 Å². The molecule has 2 rings (SSSR count). The third-order valence-corrected chi connectivity index (χ3v) is 2.14. The van der Waals surface area contributed by atoms with E-state index in [2.05, 4.69) is 4.98 Å². The van der Waals surface area contributed by atoms with Crippen LogP contribution in [-0.2, 0) is 0 Å². The number of H-pyrrole nitrogens is 1. The molecule has 0 radical (unpaired) electrons. The molecule has 0 aliphatic carbocycles. The van der Waals surface area contributed by atoms with Gasteiger partial charge in [-0.3, -0.25) is 4.79 Å². The summed E-state index contributed by atoms with van der Waals surface area (Å²) < 4.78 is 12.8. The van der Waals surface area contributed by atoms with Crippen molar-refractivity contribution in [3.05, 3.63) is 40.1 Å². The van der Waals surface area contributed by atoms with Crippen molar-refractivity contribution in [3.63, 3.8) is 0 Å². The molecule has 0 spiro atoms. The van der Waals surface area contributed by atoms with E-state index >= 15 is 0 Å². The Morgan fingerprint density at radius 3 is 2.79 bits per heavy atom. The smallest absolute Gasteiger partial charge is 0.256 e. The summed E-state index contributed by atoms with van der Waals surface area (Å²) in [5.41, 5.74) is -0.0103. The number of aromatic hydroxyl groups is 1. The fourth-order valence-electron chi connectivity index (χ4n) is 1.41. The molecule has 4 heteroatoms. The van der Waals surface area contributed by atoms with E-state index in [1.54, 1.807) is 6.92 Å². The van der Waals surface area contributed by atoms with E-state index in [0.29, 0.717) is 11.1 Å². The van der Waals surface area contributed by atoms with Gasteiger partial charge in [-0.05, 0) is 25.1 Å². The van der Waals surface area contributed by atoms with Gasteiger partial charge in [0.15, 0.2) is 0 Å². The van der Waals surface area contributed by atoms with Gasteiger partial charge in [-0.25, -0.2) is 4.39 Å². The van der Waals surface area contributed by atoms with E-state index in [0.717, 1.165) is 6.07 Å². The first-order valence-electron chi connectivity index (χ1n) is 4.10. The molecule has 2 N–H and O–H groups in total. The second-order valence-electron chi connectivity index (χ2n) is 3.12. The molecular formula is C10H8FNO2. The normalized spacial score (nSPS) is 10.7. The van der Waals surface area contributed by atoms with Gasteiger partial charge in [-0.15, -0.1) is 0 Å². The molecule has 0 aliphatic rings. The van der Waals surface area contributed by atoms with Crippen LogP contribution in [0.2, 0.25) is 0 Å². The molecule has 0 saturated carbocycles. The van der Waals surface area contributed by atoms with Crippen LogP contribution in [0.25, 0.3) is 10.8 Å². The van der Waals surface area contributed by atoms with Gasteiger partial charge >= 0.3 is 0 Å². The largest absolute Gasteiger partial charge is 0.505 e. The zero-order valence-corrected chi connectivity index (χ0v) is 7.47. The fourth-order valence-corrected chi connectivity index (χ4v) is 1.41. The summed E-state index contributed by atoms with van der Waals surface area (Å²) in [4.78, 5) is 13.8. The minimum absolute atomic E-state index is 0.0143. The number of hydrogen-bond donors (Lipinski definition) is 2. The van der Waals surface area contributed by atoms with Gasteiger partial charge in [-0.2, -0.15) is 0 Å². The van der Waals surface area contributed by atoms with Crippen LogP contribution in [0.3, 0.4) is 0 Å². The Bertz CT molecular complexity index is 560. The first kappa shape index (κ1) is 8.74. The third-order valence-electron chi connectivity index (χ3n) is 2.14. The lowest BCUT2D eigenvalue weighted by Gasteiger charge is -2.03. The number of halogens is 1. The summed E-state index contributed by atoms with van der Waals surface area (Å²) in [7, 11) is 0. The van der Waals surface area contributed by atoms with Crippen LogP contribution in [0, 0.1) is 12.7 Å². The molecule has 0 atom stereocenters. The van der Waals surface area contributed by atoms with Crippen molar-refractivity contribution in [2.24, 2.45) is 0 Å². The zero-order chi connectivity index (χ0) is 10.3. The molecule has 1 heterocycles. The highest BCUT2D eigenvalue weighted by Crippen LogP contribution is 2.24. The monoisotopic (exact) mass is 193 g/mol. The maximum Gasteiger partial charge on any atom is 0.256 e. The first-order valence-corrected chi connectivity index (χ1v) is 4.10. The quantitative estimate of drug-likeness (QED) is 0.668. The van der Waals surface area contributed by atoms with Gasteiger partial charge in [0.05, 0.1) is 11.1 Å². The molecule has 0 fully saturated rings. The highest BCUT2D eigenvalue weighted by Gasteiger charge is 2.07. The predicted octanol–water partition coefficient (Wildman–Crippen LogP) is 1.68. The Hall–Kier alpha value is -1.84. The van der Waals surface area contributed by atoms with E-state index in [1.807, 2.05) is 0 Å². The highest BCUT2D eigenvalue weighted by atomic mass is 19.1. The van der Waals surface area contributed by atoms with E-state index in [4.69, 9.17) is 0 Å². The van der Waals surface area contributed by atoms with Crippen LogP contribution in [0.1, 0.15) is 5.69 Å². The molecule has 2 aromatic rings. The molecule has 0 amide bonds. The molecule has 0 bridgehead atoms. The van der Waals surface area contributed by atoms with E-state index in [9.17, 15) is 14.3 Å². The fraction of sp³-hybridized carbons (Fsp3) is 0.100. The van der Waals surface area contributed by atoms with Gasteiger partial charge < -0.3 is 10.1 Å². The summed E-state index contributed by atoms with van der Waals surface area (Å²) in [6.07, 6.45) is 0. The molecule has 0 aliphatic heterocycles. The minimum Gasteiger partial charge on any atom is -0.505 e. The standard InChI is InChI=1S/C10H8FNO2/c1-5-9(13)7-3-2-6(11)4-8(7)10(14)12-5/h2-4,13H,1H3,(H,12,14). The van der Waals surface area contributed by atoms with Gasteiger partial charge in [0, 0.05) is 5.39 Å². The predicted molar refractivity (Wildman–Crippen MR) is 50.9 cm³/mol. The molecule has 3 nitrogen and oxygen atoms in total. The number of aromatic amines is 1. The molecular weight excluding hydrogens is 185 g/mol. The van der Waals surface area contributed by atoms with E-state index in [-0.39, 0.29) is 11.1 Å². The third kappa shape index (κ3) is 1.16. The Kier molecular flexibility index (Phi) is 1.77. The number of nitrogens with one attached hydrogen (secondary N) is 1. The van der Waals surface area contributed by atoms with Crippen molar-refractivity contribution in [2.75, 3.05) is 0 Å². The van der Waals surface area contributed by atoms with Crippen molar-refractivity contribution in [1.82, 2.24) is 4.98 Å². The van der Waals surface area contributed by atoms with Gasteiger partial charge in [0.1, 0.15) is 11.6 Å². The van der Waals surface area contributed by atoms with Crippen molar-refractivity contribution in [3.8, 4) is 5.75 Å². The van der Waals surface area contributed by atoms with Crippen LogP contribution < -0.4 is 5.56 Å². The molecule has 1 aromatic carbocycles. The second kappa shape index (κ2) is 2.83. The Morgan fingerprint density at radius 1 is 1.36 bits per heavy atom. The summed E-state index contributed by atoms with van der Waals surface area (Å²) in [6.45, 7) is 1.58. The van der Waals surface area contributed by atoms with Crippen LogP contribution in [0.15, 0.2) is 23.0 Å².